The number of urea groups is 1. The predicted octanol–water partition coefficient (Wildman–Crippen LogP) is 0.393. The van der Waals surface area contributed by atoms with Gasteiger partial charge in [0.2, 0.25) is 5.91 Å². The molecule has 0 aliphatic carbocycles. The molecule has 0 spiro atoms. The zero-order chi connectivity index (χ0) is 15.3. The van der Waals surface area contributed by atoms with Crippen LogP contribution in [0.25, 0.3) is 0 Å². The van der Waals surface area contributed by atoms with E-state index in [2.05, 4.69) is 5.32 Å². The van der Waals surface area contributed by atoms with Crippen LogP contribution < -0.4 is 11.1 Å². The van der Waals surface area contributed by atoms with Crippen LogP contribution in [0.1, 0.15) is 33.1 Å². The average Bonchev–Trinajstić information content (AvgIpc) is 2.37. The summed E-state index contributed by atoms with van der Waals surface area (Å²) in [6.45, 7) is 4.65. The van der Waals surface area contributed by atoms with E-state index in [1.165, 1.54) is 4.90 Å². The number of aliphatic carboxylic acids is 1. The normalized spacial score (nSPS) is 17.9. The highest BCUT2D eigenvalue weighted by atomic mass is 16.4. The molecule has 1 aliphatic rings. The minimum absolute atomic E-state index is 0.178. The van der Waals surface area contributed by atoms with Gasteiger partial charge in [0.25, 0.3) is 0 Å². The second-order valence-electron chi connectivity index (χ2n) is 5.63. The van der Waals surface area contributed by atoms with Gasteiger partial charge in [0.1, 0.15) is 6.04 Å². The molecule has 1 rings (SSSR count). The molecular weight excluding hydrogens is 262 g/mol. The van der Waals surface area contributed by atoms with E-state index in [4.69, 9.17) is 10.8 Å². The van der Waals surface area contributed by atoms with E-state index in [0.29, 0.717) is 32.4 Å². The number of nitrogens with zero attached hydrogens (tertiary/aromatic N) is 1. The van der Waals surface area contributed by atoms with Gasteiger partial charge in [-0.1, -0.05) is 13.8 Å². The first-order valence-corrected chi connectivity index (χ1v) is 6.88. The fourth-order valence-corrected chi connectivity index (χ4v) is 2.30. The average molecular weight is 285 g/mol. The summed E-state index contributed by atoms with van der Waals surface area (Å²) >= 11 is 0. The van der Waals surface area contributed by atoms with E-state index in [1.54, 1.807) is 0 Å². The minimum Gasteiger partial charge on any atom is -0.480 e. The summed E-state index contributed by atoms with van der Waals surface area (Å²) in [6, 6.07) is -1.27. The number of piperidine rings is 1. The van der Waals surface area contributed by atoms with E-state index in [9.17, 15) is 14.4 Å². The van der Waals surface area contributed by atoms with Gasteiger partial charge in [-0.25, -0.2) is 9.59 Å². The number of hydrogen-bond donors (Lipinski definition) is 3. The second-order valence-corrected chi connectivity index (χ2v) is 5.63. The molecule has 1 fully saturated rings. The van der Waals surface area contributed by atoms with Gasteiger partial charge in [-0.15, -0.1) is 0 Å². The number of carboxylic acids is 1. The summed E-state index contributed by atoms with van der Waals surface area (Å²) in [4.78, 5) is 35.7. The van der Waals surface area contributed by atoms with E-state index in [1.807, 2.05) is 13.8 Å². The summed E-state index contributed by atoms with van der Waals surface area (Å²) in [5.41, 5.74) is 5.23. The molecule has 1 atom stereocenters. The van der Waals surface area contributed by atoms with Crippen molar-refractivity contribution in [2.75, 3.05) is 13.1 Å². The summed E-state index contributed by atoms with van der Waals surface area (Å²) in [6.07, 6.45) is 1.45. The third-order valence-corrected chi connectivity index (χ3v) is 3.49. The van der Waals surface area contributed by atoms with Crippen LogP contribution in [0, 0.1) is 11.8 Å². The lowest BCUT2D eigenvalue weighted by Gasteiger charge is -2.31. The van der Waals surface area contributed by atoms with Crippen LogP contribution in [-0.2, 0) is 9.59 Å². The Morgan fingerprint density at radius 1 is 1.30 bits per heavy atom. The second kappa shape index (κ2) is 7.12. The highest BCUT2D eigenvalue weighted by Gasteiger charge is 2.28. The first kappa shape index (κ1) is 16.3. The molecule has 20 heavy (non-hydrogen) atoms. The summed E-state index contributed by atoms with van der Waals surface area (Å²) in [5, 5.41) is 11.6. The Hall–Kier alpha value is -1.79. The van der Waals surface area contributed by atoms with Crippen molar-refractivity contribution in [1.29, 1.82) is 0 Å². The van der Waals surface area contributed by atoms with Crippen molar-refractivity contribution in [2.45, 2.75) is 39.2 Å². The van der Waals surface area contributed by atoms with Crippen molar-refractivity contribution in [1.82, 2.24) is 10.2 Å². The van der Waals surface area contributed by atoms with E-state index >= 15 is 0 Å². The van der Waals surface area contributed by atoms with Crippen LogP contribution in [-0.4, -0.2) is 47.0 Å². The minimum atomic E-state index is -1.03. The fourth-order valence-electron chi connectivity index (χ4n) is 2.30. The van der Waals surface area contributed by atoms with Gasteiger partial charge in [-0.3, -0.25) is 4.79 Å². The number of carbonyl (C=O) groups is 3. The summed E-state index contributed by atoms with van der Waals surface area (Å²) in [5.74, 6) is -1.38. The van der Waals surface area contributed by atoms with Gasteiger partial charge in [0.05, 0.1) is 0 Å². The monoisotopic (exact) mass is 285 g/mol. The highest BCUT2D eigenvalue weighted by Crippen LogP contribution is 2.17. The van der Waals surface area contributed by atoms with Gasteiger partial charge in [0.15, 0.2) is 0 Å². The largest absolute Gasteiger partial charge is 0.480 e. The van der Waals surface area contributed by atoms with Gasteiger partial charge in [0, 0.05) is 19.0 Å². The topological polar surface area (TPSA) is 113 Å². The van der Waals surface area contributed by atoms with Gasteiger partial charge in [-0.05, 0) is 25.2 Å². The molecule has 7 nitrogen and oxygen atoms in total. The zero-order valence-corrected chi connectivity index (χ0v) is 12.0. The van der Waals surface area contributed by atoms with Crippen LogP contribution in [0.3, 0.4) is 0 Å². The number of carbonyl (C=O) groups excluding carboxylic acids is 2. The lowest BCUT2D eigenvalue weighted by atomic mass is 9.96. The van der Waals surface area contributed by atoms with Crippen LogP contribution in [0.5, 0.6) is 0 Å². The van der Waals surface area contributed by atoms with Crippen LogP contribution in [0.2, 0.25) is 0 Å². The van der Waals surface area contributed by atoms with Crippen LogP contribution in [0.4, 0.5) is 4.79 Å². The number of rotatable bonds is 5. The Balaban J connectivity index is 2.50. The lowest BCUT2D eigenvalue weighted by molar-refractivity contribution is -0.139. The highest BCUT2D eigenvalue weighted by molar-refractivity contribution is 5.83. The number of primary amides is 1. The molecule has 3 amide bonds. The first-order valence-electron chi connectivity index (χ1n) is 6.88. The zero-order valence-electron chi connectivity index (χ0n) is 12.0. The third kappa shape index (κ3) is 4.71. The van der Waals surface area contributed by atoms with Gasteiger partial charge < -0.3 is 21.1 Å². The number of nitrogens with two attached hydrogens (primary N) is 1. The quantitative estimate of drug-likeness (QED) is 0.678. The molecule has 0 aromatic rings. The van der Waals surface area contributed by atoms with Crippen LogP contribution in [0.15, 0.2) is 0 Å². The SMILES string of the molecule is CC(C)C[C@@H](NC(=O)N1CCC(C(N)=O)CC1)C(=O)O. The molecule has 4 N–H and O–H groups in total. The van der Waals surface area contributed by atoms with Crippen molar-refractivity contribution in [3.05, 3.63) is 0 Å². The number of nitrogens with one attached hydrogen (secondary N) is 1. The molecule has 1 aliphatic heterocycles. The molecule has 0 radical (unpaired) electrons. The molecule has 0 unspecified atom stereocenters. The molecular formula is C13H23N3O4. The van der Waals surface area contributed by atoms with Gasteiger partial charge >= 0.3 is 12.0 Å². The number of amides is 3. The maximum absolute atomic E-state index is 12.0. The smallest absolute Gasteiger partial charge is 0.326 e. The molecule has 0 saturated carbocycles. The number of hydrogen-bond acceptors (Lipinski definition) is 3. The van der Waals surface area contributed by atoms with Crippen molar-refractivity contribution < 1.29 is 19.5 Å². The van der Waals surface area contributed by atoms with Crippen molar-refractivity contribution >= 4 is 17.9 Å². The Morgan fingerprint density at radius 3 is 2.25 bits per heavy atom. The van der Waals surface area contributed by atoms with E-state index < -0.39 is 12.0 Å². The number of carboxylic acid groups (broad SMARTS) is 1. The molecule has 114 valence electrons. The van der Waals surface area contributed by atoms with E-state index in [0.717, 1.165) is 0 Å². The van der Waals surface area contributed by atoms with Crippen LogP contribution >= 0.6 is 0 Å². The molecule has 0 aromatic heterocycles. The maximum Gasteiger partial charge on any atom is 0.326 e. The standard InChI is InChI=1S/C13H23N3O4/c1-8(2)7-10(12(18)19)15-13(20)16-5-3-9(4-6-16)11(14)17/h8-10H,3-7H2,1-2H3,(H2,14,17)(H,15,20)(H,18,19)/t10-/m1/s1. The van der Waals surface area contributed by atoms with E-state index in [-0.39, 0.29) is 23.8 Å². The summed E-state index contributed by atoms with van der Waals surface area (Å²) < 4.78 is 0. The van der Waals surface area contributed by atoms with Crippen molar-refractivity contribution in [3.8, 4) is 0 Å². The van der Waals surface area contributed by atoms with Gasteiger partial charge in [-0.2, -0.15) is 0 Å². The fraction of sp³-hybridized carbons (Fsp3) is 0.769. The maximum atomic E-state index is 12.0. The molecule has 0 bridgehead atoms. The molecule has 0 aromatic carbocycles. The van der Waals surface area contributed by atoms with Crippen molar-refractivity contribution in [2.24, 2.45) is 17.6 Å². The van der Waals surface area contributed by atoms with Crippen molar-refractivity contribution in [3.63, 3.8) is 0 Å². The Kier molecular flexibility index (Phi) is 5.79. The Morgan fingerprint density at radius 2 is 1.85 bits per heavy atom. The Bertz CT molecular complexity index is 376. The summed E-state index contributed by atoms with van der Waals surface area (Å²) in [7, 11) is 0. The molecule has 1 saturated heterocycles. The Labute approximate surface area is 118 Å². The lowest BCUT2D eigenvalue weighted by Crippen LogP contribution is -2.51. The third-order valence-electron chi connectivity index (χ3n) is 3.49. The molecule has 1 heterocycles. The molecule has 7 heteroatoms. The number of likely N-dealkylation sites (tertiary alicyclic amines) is 1. The predicted molar refractivity (Wildman–Crippen MR) is 72.9 cm³/mol. The first-order chi connectivity index (χ1) is 9.31.